The maximum absolute atomic E-state index is 13.2. The Hall–Kier alpha value is -2.67. The Morgan fingerprint density at radius 1 is 1.27 bits per heavy atom. The van der Waals surface area contributed by atoms with E-state index in [1.165, 1.54) is 17.0 Å². The first-order chi connectivity index (χ1) is 14.6. The summed E-state index contributed by atoms with van der Waals surface area (Å²) in [7, 11) is 0. The first-order valence-electron chi connectivity index (χ1n) is 10.2. The largest absolute Gasteiger partial charge is 0.491 e. The first-order valence-corrected chi connectivity index (χ1v) is 11.1. The van der Waals surface area contributed by atoms with Crippen LogP contribution in [0.25, 0.3) is 0 Å². The average Bonchev–Trinajstić information content (AvgIpc) is 3.49. The molecule has 2 heterocycles. The standard InChI is InChI=1S/C23H25FN2O3S/c1-2-11-25(23(28)16-3-4-16)14-22(27)26-12-9-21-19(10-13-30-21)20(26)15-29-18-7-5-17(24)6-8-18/h2,5-8,10,13,16,20H,1,3-4,9,11-12,14-15H2. The van der Waals surface area contributed by atoms with Crippen LogP contribution in [0.2, 0.25) is 0 Å². The number of fused-ring (bicyclic) bond motifs is 1. The fraction of sp³-hybridized carbons (Fsp3) is 0.391. The van der Waals surface area contributed by atoms with Crippen LogP contribution in [0.1, 0.15) is 29.3 Å². The Labute approximate surface area is 179 Å². The number of hydrogen-bond donors (Lipinski definition) is 0. The maximum Gasteiger partial charge on any atom is 0.242 e. The van der Waals surface area contributed by atoms with Crippen LogP contribution in [0.3, 0.4) is 0 Å². The molecule has 1 fully saturated rings. The number of carbonyl (C=O) groups excluding carboxylic acids is 2. The molecule has 1 atom stereocenters. The number of carbonyl (C=O) groups is 2. The summed E-state index contributed by atoms with van der Waals surface area (Å²) in [5.41, 5.74) is 1.09. The molecular formula is C23H25FN2O3S. The minimum atomic E-state index is -0.320. The highest BCUT2D eigenvalue weighted by Gasteiger charge is 2.36. The van der Waals surface area contributed by atoms with Crippen LogP contribution in [-0.2, 0) is 16.0 Å². The third kappa shape index (κ3) is 4.56. The number of rotatable bonds is 8. The Morgan fingerprint density at radius 3 is 2.73 bits per heavy atom. The van der Waals surface area contributed by atoms with Gasteiger partial charge >= 0.3 is 0 Å². The molecule has 158 valence electrons. The summed E-state index contributed by atoms with van der Waals surface area (Å²) >= 11 is 1.68. The van der Waals surface area contributed by atoms with Gasteiger partial charge in [0.05, 0.1) is 6.04 Å². The highest BCUT2D eigenvalue weighted by molar-refractivity contribution is 7.10. The number of halogens is 1. The summed E-state index contributed by atoms with van der Waals surface area (Å²) in [5, 5.41) is 2.03. The van der Waals surface area contributed by atoms with Gasteiger partial charge in [0, 0.05) is 23.9 Å². The quantitative estimate of drug-likeness (QED) is 0.601. The van der Waals surface area contributed by atoms with E-state index in [1.807, 2.05) is 16.3 Å². The molecule has 0 saturated heterocycles. The van der Waals surface area contributed by atoms with Crippen molar-refractivity contribution < 1.29 is 18.7 Å². The Bertz CT molecular complexity index is 923. The highest BCUT2D eigenvalue weighted by atomic mass is 32.1. The lowest BCUT2D eigenvalue weighted by Gasteiger charge is -2.37. The SMILES string of the molecule is C=CCN(CC(=O)N1CCc2sccc2C1COc1ccc(F)cc1)C(=O)C1CC1. The molecule has 1 saturated carbocycles. The Morgan fingerprint density at radius 2 is 2.03 bits per heavy atom. The molecule has 5 nitrogen and oxygen atoms in total. The second-order valence-electron chi connectivity index (χ2n) is 7.70. The van der Waals surface area contributed by atoms with Gasteiger partial charge < -0.3 is 14.5 Å². The van der Waals surface area contributed by atoms with Crippen molar-refractivity contribution in [2.45, 2.75) is 25.3 Å². The number of benzene rings is 1. The van der Waals surface area contributed by atoms with Crippen molar-refractivity contribution in [3.05, 3.63) is 64.6 Å². The van der Waals surface area contributed by atoms with E-state index in [2.05, 4.69) is 6.58 Å². The summed E-state index contributed by atoms with van der Waals surface area (Å²) in [6, 6.07) is 7.67. The minimum Gasteiger partial charge on any atom is -0.491 e. The van der Waals surface area contributed by atoms with E-state index in [9.17, 15) is 14.0 Å². The monoisotopic (exact) mass is 428 g/mol. The van der Waals surface area contributed by atoms with Crippen molar-refractivity contribution in [2.75, 3.05) is 26.2 Å². The normalized spacial score (nSPS) is 17.9. The molecule has 1 aliphatic heterocycles. The van der Waals surface area contributed by atoms with Crippen LogP contribution in [-0.4, -0.2) is 47.9 Å². The molecule has 2 aliphatic rings. The summed E-state index contributed by atoms with van der Waals surface area (Å²) in [6.45, 7) is 5.01. The lowest BCUT2D eigenvalue weighted by atomic mass is 10.0. The van der Waals surface area contributed by atoms with E-state index in [0.717, 1.165) is 24.8 Å². The molecule has 0 radical (unpaired) electrons. The van der Waals surface area contributed by atoms with Crippen molar-refractivity contribution in [2.24, 2.45) is 5.92 Å². The van der Waals surface area contributed by atoms with E-state index in [0.29, 0.717) is 18.8 Å². The summed E-state index contributed by atoms with van der Waals surface area (Å²) in [6.07, 6.45) is 4.26. The fourth-order valence-electron chi connectivity index (χ4n) is 3.81. The highest BCUT2D eigenvalue weighted by Crippen LogP contribution is 2.35. The van der Waals surface area contributed by atoms with Crippen LogP contribution in [0.4, 0.5) is 4.39 Å². The number of thiophene rings is 1. The predicted molar refractivity (Wildman–Crippen MR) is 114 cm³/mol. The van der Waals surface area contributed by atoms with Crippen molar-refractivity contribution >= 4 is 23.2 Å². The van der Waals surface area contributed by atoms with Crippen LogP contribution >= 0.6 is 11.3 Å². The molecule has 0 bridgehead atoms. The number of nitrogens with zero attached hydrogens (tertiary/aromatic N) is 2. The van der Waals surface area contributed by atoms with Gasteiger partial charge in [0.15, 0.2) is 0 Å². The summed E-state index contributed by atoms with van der Waals surface area (Å²) in [5.74, 6) is 0.245. The summed E-state index contributed by atoms with van der Waals surface area (Å²) in [4.78, 5) is 30.4. The van der Waals surface area contributed by atoms with E-state index in [-0.39, 0.29) is 42.7 Å². The third-order valence-electron chi connectivity index (χ3n) is 5.55. The van der Waals surface area contributed by atoms with Crippen LogP contribution in [0.5, 0.6) is 5.75 Å². The van der Waals surface area contributed by atoms with E-state index in [4.69, 9.17) is 4.74 Å². The smallest absolute Gasteiger partial charge is 0.242 e. The molecule has 7 heteroatoms. The molecule has 2 amide bonds. The molecule has 2 aromatic rings. The van der Waals surface area contributed by atoms with Crippen molar-refractivity contribution in [3.63, 3.8) is 0 Å². The van der Waals surface area contributed by atoms with Crippen LogP contribution in [0.15, 0.2) is 48.4 Å². The number of hydrogen-bond acceptors (Lipinski definition) is 4. The third-order valence-corrected chi connectivity index (χ3v) is 6.55. The van der Waals surface area contributed by atoms with Gasteiger partial charge in [-0.15, -0.1) is 17.9 Å². The van der Waals surface area contributed by atoms with Gasteiger partial charge in [-0.3, -0.25) is 9.59 Å². The Kier molecular flexibility index (Phi) is 6.18. The van der Waals surface area contributed by atoms with Crippen molar-refractivity contribution in [3.8, 4) is 5.75 Å². The molecule has 30 heavy (non-hydrogen) atoms. The van der Waals surface area contributed by atoms with Gasteiger partial charge in [0.25, 0.3) is 0 Å². The van der Waals surface area contributed by atoms with Crippen molar-refractivity contribution in [1.82, 2.24) is 9.80 Å². The second kappa shape index (κ2) is 9.00. The van der Waals surface area contributed by atoms with E-state index < -0.39 is 0 Å². The molecule has 4 rings (SSSR count). The number of amides is 2. The van der Waals surface area contributed by atoms with E-state index >= 15 is 0 Å². The second-order valence-corrected chi connectivity index (χ2v) is 8.70. The van der Waals surface area contributed by atoms with E-state index in [1.54, 1.807) is 34.4 Å². The molecule has 1 aliphatic carbocycles. The topological polar surface area (TPSA) is 49.9 Å². The zero-order chi connectivity index (χ0) is 21.1. The average molecular weight is 429 g/mol. The van der Waals surface area contributed by atoms with Crippen LogP contribution in [0, 0.1) is 11.7 Å². The van der Waals surface area contributed by atoms with Gasteiger partial charge in [-0.1, -0.05) is 6.08 Å². The van der Waals surface area contributed by atoms with Gasteiger partial charge in [-0.05, 0) is 60.5 Å². The van der Waals surface area contributed by atoms with Crippen molar-refractivity contribution in [1.29, 1.82) is 0 Å². The zero-order valence-electron chi connectivity index (χ0n) is 16.8. The fourth-order valence-corrected chi connectivity index (χ4v) is 4.74. The predicted octanol–water partition coefficient (Wildman–Crippen LogP) is 3.82. The molecule has 1 aromatic carbocycles. The first kappa shape index (κ1) is 20.6. The lowest BCUT2D eigenvalue weighted by Crippen LogP contribution is -2.48. The zero-order valence-corrected chi connectivity index (χ0v) is 17.6. The summed E-state index contributed by atoms with van der Waals surface area (Å²) < 4.78 is 19.1. The number of ether oxygens (including phenoxy) is 1. The van der Waals surface area contributed by atoms with Gasteiger partial charge in [0.1, 0.15) is 24.7 Å². The lowest BCUT2D eigenvalue weighted by molar-refractivity contribution is -0.142. The molecule has 1 unspecified atom stereocenters. The van der Waals surface area contributed by atoms with Gasteiger partial charge in [-0.25, -0.2) is 4.39 Å². The van der Waals surface area contributed by atoms with Gasteiger partial charge in [-0.2, -0.15) is 0 Å². The molecule has 1 aromatic heterocycles. The minimum absolute atomic E-state index is 0.0376. The Balaban J connectivity index is 1.49. The van der Waals surface area contributed by atoms with Gasteiger partial charge in [0.2, 0.25) is 11.8 Å². The molecule has 0 N–H and O–H groups in total. The maximum atomic E-state index is 13.2. The molecule has 0 spiro atoms. The molecular weight excluding hydrogens is 403 g/mol. The van der Waals surface area contributed by atoms with Crippen LogP contribution < -0.4 is 4.74 Å².